The monoisotopic (exact) mass is 490 g/mol. The van der Waals surface area contributed by atoms with Crippen molar-refractivity contribution in [2.45, 2.75) is 24.1 Å². The van der Waals surface area contributed by atoms with Crippen LogP contribution in [0.15, 0.2) is 65.6 Å². The molecule has 0 spiro atoms. The molecule has 2 heterocycles. The Bertz CT molecular complexity index is 1190. The minimum atomic E-state index is 0.0805. The molecule has 0 radical (unpaired) electrons. The van der Waals surface area contributed by atoms with Crippen molar-refractivity contribution < 1.29 is 19.0 Å². The molecule has 0 aromatic heterocycles. The van der Waals surface area contributed by atoms with Gasteiger partial charge in [-0.1, -0.05) is 23.8 Å². The number of amides is 1. The molecule has 0 N–H and O–H groups in total. The number of methoxy groups -OCH3 is 1. The third kappa shape index (κ3) is 5.57. The Balaban J connectivity index is 1.19. The molecule has 3 aromatic carbocycles. The molecule has 182 valence electrons. The van der Waals surface area contributed by atoms with Crippen LogP contribution in [0.25, 0.3) is 0 Å². The van der Waals surface area contributed by atoms with Gasteiger partial charge in [-0.25, -0.2) is 0 Å². The summed E-state index contributed by atoms with van der Waals surface area (Å²) in [7, 11) is 1.68. The predicted octanol–water partition coefficient (Wildman–Crippen LogP) is 4.98. The van der Waals surface area contributed by atoms with Crippen molar-refractivity contribution in [1.82, 2.24) is 9.80 Å². The summed E-state index contributed by atoms with van der Waals surface area (Å²) >= 11 is 1.75. The van der Waals surface area contributed by atoms with Crippen molar-refractivity contribution in [2.24, 2.45) is 0 Å². The highest BCUT2D eigenvalue weighted by Gasteiger charge is 2.23. The number of thioether (sulfide) groups is 1. The van der Waals surface area contributed by atoms with Gasteiger partial charge in [0.2, 0.25) is 6.79 Å². The molecule has 2 aliphatic rings. The van der Waals surface area contributed by atoms with Gasteiger partial charge in [0.25, 0.3) is 5.91 Å². The van der Waals surface area contributed by atoms with Crippen molar-refractivity contribution in [3.8, 4) is 17.2 Å². The highest BCUT2D eigenvalue weighted by Crippen LogP contribution is 2.33. The molecule has 2 aliphatic heterocycles. The maximum Gasteiger partial charge on any atom is 0.253 e. The van der Waals surface area contributed by atoms with Crippen LogP contribution in [0.1, 0.15) is 27.0 Å². The van der Waals surface area contributed by atoms with E-state index in [-0.39, 0.29) is 12.7 Å². The third-order valence-electron chi connectivity index (χ3n) is 6.45. The number of ether oxygens (including phenoxy) is 3. The second-order valence-corrected chi connectivity index (χ2v) is 9.93. The van der Waals surface area contributed by atoms with Crippen molar-refractivity contribution in [1.29, 1.82) is 0 Å². The number of carbonyl (C=O) groups is 1. The highest BCUT2D eigenvalue weighted by molar-refractivity contribution is 7.98. The van der Waals surface area contributed by atoms with Gasteiger partial charge >= 0.3 is 0 Å². The summed E-state index contributed by atoms with van der Waals surface area (Å²) in [6.45, 7) is 6.31. The molecule has 1 amide bonds. The van der Waals surface area contributed by atoms with Crippen molar-refractivity contribution in [3.63, 3.8) is 0 Å². The van der Waals surface area contributed by atoms with Crippen molar-refractivity contribution in [2.75, 3.05) is 40.1 Å². The molecule has 3 aromatic rings. The summed E-state index contributed by atoms with van der Waals surface area (Å²) in [6.07, 6.45) is 0. The lowest BCUT2D eigenvalue weighted by Crippen LogP contribution is -2.48. The Morgan fingerprint density at radius 1 is 0.943 bits per heavy atom. The van der Waals surface area contributed by atoms with Crippen molar-refractivity contribution >= 4 is 17.7 Å². The average Bonchev–Trinajstić information content (AvgIpc) is 3.36. The molecular weight excluding hydrogens is 460 g/mol. The van der Waals surface area contributed by atoms with Crippen LogP contribution in [0.5, 0.6) is 17.2 Å². The predicted molar refractivity (Wildman–Crippen MR) is 137 cm³/mol. The lowest BCUT2D eigenvalue weighted by atomic mass is 10.1. The number of hydrogen-bond donors (Lipinski definition) is 0. The second kappa shape index (κ2) is 10.6. The normalized spacial score (nSPS) is 15.3. The molecule has 0 bridgehead atoms. The van der Waals surface area contributed by atoms with Gasteiger partial charge in [0, 0.05) is 54.5 Å². The van der Waals surface area contributed by atoms with Gasteiger partial charge in [-0.2, -0.15) is 0 Å². The third-order valence-corrected chi connectivity index (χ3v) is 7.51. The van der Waals surface area contributed by atoms with E-state index >= 15 is 0 Å². The van der Waals surface area contributed by atoms with Gasteiger partial charge < -0.3 is 19.1 Å². The minimum absolute atomic E-state index is 0.0805. The zero-order valence-electron chi connectivity index (χ0n) is 20.2. The topological polar surface area (TPSA) is 51.2 Å². The molecule has 1 saturated heterocycles. The second-order valence-electron chi connectivity index (χ2n) is 8.88. The van der Waals surface area contributed by atoms with Crippen LogP contribution in [0.2, 0.25) is 0 Å². The fourth-order valence-corrected chi connectivity index (χ4v) is 5.29. The van der Waals surface area contributed by atoms with Gasteiger partial charge in [0.15, 0.2) is 11.5 Å². The van der Waals surface area contributed by atoms with Crippen LogP contribution in [0.3, 0.4) is 0 Å². The highest BCUT2D eigenvalue weighted by atomic mass is 32.2. The first kappa shape index (κ1) is 23.6. The van der Waals surface area contributed by atoms with Gasteiger partial charge in [-0.15, -0.1) is 11.8 Å². The molecule has 35 heavy (non-hydrogen) atoms. The van der Waals surface area contributed by atoms with E-state index in [9.17, 15) is 4.79 Å². The number of fused-ring (bicyclic) bond motifs is 1. The smallest absolute Gasteiger partial charge is 0.253 e. The Labute approximate surface area is 210 Å². The van der Waals surface area contributed by atoms with E-state index in [0.29, 0.717) is 13.1 Å². The largest absolute Gasteiger partial charge is 0.496 e. The van der Waals surface area contributed by atoms with E-state index < -0.39 is 0 Å². The zero-order chi connectivity index (χ0) is 24.2. The van der Waals surface area contributed by atoms with Crippen LogP contribution >= 0.6 is 11.8 Å². The van der Waals surface area contributed by atoms with E-state index in [2.05, 4.69) is 42.2 Å². The summed E-state index contributed by atoms with van der Waals surface area (Å²) < 4.78 is 16.5. The number of carbonyl (C=O) groups excluding carboxylic acids is 1. The van der Waals surface area contributed by atoms with E-state index in [0.717, 1.165) is 53.8 Å². The Morgan fingerprint density at radius 2 is 1.71 bits per heavy atom. The van der Waals surface area contributed by atoms with Gasteiger partial charge in [0.1, 0.15) is 5.75 Å². The molecule has 5 rings (SSSR count). The Kier molecular flexibility index (Phi) is 7.16. The Morgan fingerprint density at radius 3 is 2.49 bits per heavy atom. The molecule has 1 fully saturated rings. The minimum Gasteiger partial charge on any atom is -0.496 e. The van der Waals surface area contributed by atoms with Gasteiger partial charge in [-0.05, 0) is 55.0 Å². The SMILES string of the molecule is COc1ccc(C(=O)N2CCN(Cc3ccc4c(c3)OCO4)CC2)cc1CSc1ccc(C)cc1. The summed E-state index contributed by atoms with van der Waals surface area (Å²) in [5.74, 6) is 3.26. The number of benzene rings is 3. The van der Waals surface area contributed by atoms with Gasteiger partial charge in [0.05, 0.1) is 7.11 Å². The quantitative estimate of drug-likeness (QED) is 0.436. The van der Waals surface area contributed by atoms with Crippen LogP contribution in [0.4, 0.5) is 0 Å². The Hall–Kier alpha value is -3.16. The van der Waals surface area contributed by atoms with E-state index in [4.69, 9.17) is 14.2 Å². The summed E-state index contributed by atoms with van der Waals surface area (Å²) in [5, 5.41) is 0. The van der Waals surface area contributed by atoms with Crippen LogP contribution < -0.4 is 14.2 Å². The lowest BCUT2D eigenvalue weighted by Gasteiger charge is -2.35. The van der Waals surface area contributed by atoms with Crippen molar-refractivity contribution in [3.05, 3.63) is 82.9 Å². The molecule has 0 atom stereocenters. The molecule has 0 aliphatic carbocycles. The summed E-state index contributed by atoms with van der Waals surface area (Å²) in [4.78, 5) is 18.8. The van der Waals surface area contributed by atoms with Crippen LogP contribution in [-0.2, 0) is 12.3 Å². The molecule has 0 unspecified atom stereocenters. The van der Waals surface area contributed by atoms with E-state index in [1.807, 2.05) is 35.2 Å². The zero-order valence-corrected chi connectivity index (χ0v) is 21.0. The number of nitrogens with zero attached hydrogens (tertiary/aromatic N) is 2. The fraction of sp³-hybridized carbons (Fsp3) is 0.321. The average molecular weight is 491 g/mol. The maximum atomic E-state index is 13.3. The van der Waals surface area contributed by atoms with Crippen LogP contribution in [-0.4, -0.2) is 55.8 Å². The number of rotatable bonds is 7. The van der Waals surface area contributed by atoms with E-state index in [1.54, 1.807) is 18.9 Å². The number of piperazine rings is 1. The van der Waals surface area contributed by atoms with Crippen LogP contribution in [0, 0.1) is 6.92 Å². The number of hydrogen-bond acceptors (Lipinski definition) is 6. The van der Waals surface area contributed by atoms with Gasteiger partial charge in [-0.3, -0.25) is 9.69 Å². The lowest BCUT2D eigenvalue weighted by molar-refractivity contribution is 0.0628. The summed E-state index contributed by atoms with van der Waals surface area (Å²) in [5.41, 5.74) is 4.19. The number of aryl methyl sites for hydroxylation is 1. The first-order valence-corrected chi connectivity index (χ1v) is 12.8. The standard InChI is InChI=1S/C28H30N2O4S/c1-20-3-7-24(8-4-20)35-18-23-16-22(6-10-25(23)32-2)28(31)30-13-11-29(12-14-30)17-21-5-9-26-27(15-21)34-19-33-26/h3-10,15-16H,11-14,17-19H2,1-2H3. The maximum absolute atomic E-state index is 13.3. The molecule has 0 saturated carbocycles. The first-order chi connectivity index (χ1) is 17.1. The van der Waals surface area contributed by atoms with E-state index in [1.165, 1.54) is 16.0 Å². The summed E-state index contributed by atoms with van der Waals surface area (Å²) in [6, 6.07) is 20.4. The fourth-order valence-electron chi connectivity index (χ4n) is 4.41. The molecular formula is C28H30N2O4S. The molecule has 6 nitrogen and oxygen atoms in total. The first-order valence-electron chi connectivity index (χ1n) is 11.9. The molecule has 7 heteroatoms.